The molecule has 1 heterocycles. The maximum atomic E-state index is 10.8. The topological polar surface area (TPSA) is 40.5 Å². The van der Waals surface area contributed by atoms with Gasteiger partial charge in [0.25, 0.3) is 0 Å². The maximum Gasteiger partial charge on any atom is 0.303 e. The van der Waals surface area contributed by atoms with Crippen molar-refractivity contribution in [2.75, 3.05) is 13.1 Å². The first-order chi connectivity index (χ1) is 8.74. The highest BCUT2D eigenvalue weighted by Crippen LogP contribution is 2.38. The van der Waals surface area contributed by atoms with Crippen molar-refractivity contribution in [1.29, 1.82) is 0 Å². The third-order valence-electron chi connectivity index (χ3n) is 4.32. The minimum atomic E-state index is -0.659. The van der Waals surface area contributed by atoms with Gasteiger partial charge in [0.15, 0.2) is 0 Å². The second-order valence-electron chi connectivity index (χ2n) is 5.50. The highest BCUT2D eigenvalue weighted by molar-refractivity contribution is 5.67. The fraction of sp³-hybridized carbons (Fsp3) is 0.533. The van der Waals surface area contributed by atoms with Crippen LogP contribution in [0.25, 0.3) is 0 Å². The number of fused-ring (bicyclic) bond motifs is 1. The van der Waals surface area contributed by atoms with Crippen LogP contribution in [-0.4, -0.2) is 29.1 Å². The van der Waals surface area contributed by atoms with Gasteiger partial charge in [0.2, 0.25) is 0 Å². The molecule has 1 saturated heterocycles. The Morgan fingerprint density at radius 1 is 1.33 bits per heavy atom. The van der Waals surface area contributed by atoms with Crippen molar-refractivity contribution in [3.05, 3.63) is 35.4 Å². The van der Waals surface area contributed by atoms with Gasteiger partial charge in [0, 0.05) is 19.0 Å². The van der Waals surface area contributed by atoms with Crippen LogP contribution >= 0.6 is 0 Å². The van der Waals surface area contributed by atoms with Gasteiger partial charge in [-0.2, -0.15) is 0 Å². The van der Waals surface area contributed by atoms with E-state index < -0.39 is 5.97 Å². The number of carbonyl (C=O) groups is 1. The van der Waals surface area contributed by atoms with Crippen molar-refractivity contribution >= 4 is 5.97 Å². The van der Waals surface area contributed by atoms with E-state index >= 15 is 0 Å². The molecule has 1 fully saturated rings. The zero-order valence-electron chi connectivity index (χ0n) is 10.5. The first kappa shape index (κ1) is 11.7. The molecular weight excluding hydrogens is 226 g/mol. The lowest BCUT2D eigenvalue weighted by Crippen LogP contribution is -2.25. The molecule has 2 unspecified atom stereocenters. The molecular formula is C15H19NO2. The molecule has 0 saturated carbocycles. The van der Waals surface area contributed by atoms with Crippen LogP contribution in [0.3, 0.4) is 0 Å². The molecule has 0 aromatic heterocycles. The highest BCUT2D eigenvalue weighted by atomic mass is 16.4. The average molecular weight is 245 g/mol. The SMILES string of the molecule is O=C(O)CC1CCN(C2CCc3ccccc32)C1. The van der Waals surface area contributed by atoms with E-state index in [0.29, 0.717) is 18.4 Å². The molecule has 3 nitrogen and oxygen atoms in total. The third kappa shape index (κ3) is 2.15. The first-order valence-electron chi connectivity index (χ1n) is 6.77. The minimum absolute atomic E-state index is 0.324. The van der Waals surface area contributed by atoms with Gasteiger partial charge in [-0.15, -0.1) is 0 Å². The Balaban J connectivity index is 1.69. The monoisotopic (exact) mass is 245 g/mol. The fourth-order valence-electron chi connectivity index (χ4n) is 3.47. The van der Waals surface area contributed by atoms with Crippen LogP contribution in [0.5, 0.6) is 0 Å². The van der Waals surface area contributed by atoms with Crippen LogP contribution in [0.2, 0.25) is 0 Å². The number of rotatable bonds is 3. The fourth-order valence-corrected chi connectivity index (χ4v) is 3.47. The number of aryl methyl sites for hydroxylation is 1. The molecule has 1 aliphatic heterocycles. The molecule has 1 N–H and O–H groups in total. The molecule has 3 heteroatoms. The summed E-state index contributed by atoms with van der Waals surface area (Å²) in [5, 5.41) is 8.86. The summed E-state index contributed by atoms with van der Waals surface area (Å²) in [6.45, 7) is 2.00. The Bertz CT molecular complexity index is 458. The zero-order chi connectivity index (χ0) is 12.5. The number of carboxylic acid groups (broad SMARTS) is 1. The van der Waals surface area contributed by atoms with E-state index in [9.17, 15) is 4.79 Å². The summed E-state index contributed by atoms with van der Waals surface area (Å²) < 4.78 is 0. The number of nitrogens with zero attached hydrogens (tertiary/aromatic N) is 1. The van der Waals surface area contributed by atoms with E-state index in [1.165, 1.54) is 24.0 Å². The Kier molecular flexibility index (Phi) is 3.08. The Labute approximate surface area is 107 Å². The predicted molar refractivity (Wildman–Crippen MR) is 69.4 cm³/mol. The van der Waals surface area contributed by atoms with Crippen molar-refractivity contribution < 1.29 is 9.90 Å². The maximum absolute atomic E-state index is 10.8. The summed E-state index contributed by atoms with van der Waals surface area (Å²) in [4.78, 5) is 13.2. The molecule has 0 radical (unpaired) electrons. The van der Waals surface area contributed by atoms with Gasteiger partial charge in [-0.25, -0.2) is 0 Å². The van der Waals surface area contributed by atoms with Gasteiger partial charge in [-0.3, -0.25) is 9.69 Å². The van der Waals surface area contributed by atoms with E-state index in [1.54, 1.807) is 0 Å². The third-order valence-corrected chi connectivity index (χ3v) is 4.32. The lowest BCUT2D eigenvalue weighted by Gasteiger charge is -2.24. The molecule has 96 valence electrons. The molecule has 2 aliphatic rings. The van der Waals surface area contributed by atoms with E-state index in [2.05, 4.69) is 29.2 Å². The summed E-state index contributed by atoms with van der Waals surface area (Å²) in [7, 11) is 0. The van der Waals surface area contributed by atoms with E-state index in [1.807, 2.05) is 0 Å². The van der Waals surface area contributed by atoms with Gasteiger partial charge in [0.1, 0.15) is 0 Å². The number of likely N-dealkylation sites (tertiary alicyclic amines) is 1. The van der Waals surface area contributed by atoms with Gasteiger partial charge >= 0.3 is 5.97 Å². The van der Waals surface area contributed by atoms with E-state index in [0.717, 1.165) is 19.5 Å². The largest absolute Gasteiger partial charge is 0.481 e. The summed E-state index contributed by atoms with van der Waals surface area (Å²) in [6.07, 6.45) is 3.72. The quantitative estimate of drug-likeness (QED) is 0.889. The summed E-state index contributed by atoms with van der Waals surface area (Å²) in [5.41, 5.74) is 2.94. The predicted octanol–water partition coefficient (Wildman–Crippen LogP) is 2.47. The highest BCUT2D eigenvalue weighted by Gasteiger charge is 2.33. The molecule has 2 atom stereocenters. The average Bonchev–Trinajstić information content (AvgIpc) is 2.94. The zero-order valence-corrected chi connectivity index (χ0v) is 10.5. The minimum Gasteiger partial charge on any atom is -0.481 e. The van der Waals surface area contributed by atoms with Crippen molar-refractivity contribution in [2.45, 2.75) is 31.7 Å². The van der Waals surface area contributed by atoms with Crippen molar-refractivity contribution in [3.8, 4) is 0 Å². The van der Waals surface area contributed by atoms with Gasteiger partial charge < -0.3 is 5.11 Å². The molecule has 1 aliphatic carbocycles. The molecule has 1 aromatic carbocycles. The number of carboxylic acids is 1. The number of aliphatic carboxylic acids is 1. The Hall–Kier alpha value is -1.35. The molecule has 0 bridgehead atoms. The van der Waals surface area contributed by atoms with Crippen LogP contribution in [0, 0.1) is 5.92 Å². The summed E-state index contributed by atoms with van der Waals surface area (Å²) >= 11 is 0. The molecule has 1 aromatic rings. The number of benzene rings is 1. The lowest BCUT2D eigenvalue weighted by molar-refractivity contribution is -0.138. The van der Waals surface area contributed by atoms with E-state index in [-0.39, 0.29) is 0 Å². The molecule has 0 amide bonds. The van der Waals surface area contributed by atoms with E-state index in [4.69, 9.17) is 5.11 Å². The molecule has 0 spiro atoms. The summed E-state index contributed by atoms with van der Waals surface area (Å²) in [6, 6.07) is 9.21. The molecule has 18 heavy (non-hydrogen) atoms. The Morgan fingerprint density at radius 2 is 2.17 bits per heavy atom. The van der Waals surface area contributed by atoms with Gasteiger partial charge in [0.05, 0.1) is 0 Å². The van der Waals surface area contributed by atoms with Crippen LogP contribution in [0.15, 0.2) is 24.3 Å². The van der Waals surface area contributed by atoms with Crippen LogP contribution in [0.1, 0.15) is 36.4 Å². The lowest BCUT2D eigenvalue weighted by atomic mass is 10.1. The number of hydrogen-bond donors (Lipinski definition) is 1. The second kappa shape index (κ2) is 4.73. The normalized spacial score (nSPS) is 27.3. The van der Waals surface area contributed by atoms with Crippen LogP contribution in [-0.2, 0) is 11.2 Å². The summed E-state index contributed by atoms with van der Waals surface area (Å²) in [5.74, 6) is -0.316. The standard InChI is InChI=1S/C15H19NO2/c17-15(18)9-11-7-8-16(10-11)14-6-5-12-3-1-2-4-13(12)14/h1-4,11,14H,5-10H2,(H,17,18). The van der Waals surface area contributed by atoms with Crippen molar-refractivity contribution in [2.24, 2.45) is 5.92 Å². The Morgan fingerprint density at radius 3 is 3.00 bits per heavy atom. The second-order valence-corrected chi connectivity index (χ2v) is 5.50. The van der Waals surface area contributed by atoms with Crippen molar-refractivity contribution in [3.63, 3.8) is 0 Å². The first-order valence-corrected chi connectivity index (χ1v) is 6.77. The smallest absolute Gasteiger partial charge is 0.303 e. The van der Waals surface area contributed by atoms with Gasteiger partial charge in [-0.1, -0.05) is 24.3 Å². The van der Waals surface area contributed by atoms with Gasteiger partial charge in [-0.05, 0) is 42.9 Å². The number of hydrogen-bond acceptors (Lipinski definition) is 2. The molecule has 3 rings (SSSR count). The van der Waals surface area contributed by atoms with Crippen LogP contribution in [0.4, 0.5) is 0 Å². The van der Waals surface area contributed by atoms with Crippen molar-refractivity contribution in [1.82, 2.24) is 4.90 Å². The van der Waals surface area contributed by atoms with Crippen LogP contribution < -0.4 is 0 Å².